The Morgan fingerprint density at radius 1 is 1.18 bits per heavy atom. The fraction of sp³-hybridized carbons (Fsp3) is 0.353. The average Bonchev–Trinajstić information content (AvgIpc) is 2.50. The first-order valence-electron chi connectivity index (χ1n) is 7.45. The molecule has 2 aromatic rings. The maximum absolute atomic E-state index is 11.9. The Balaban J connectivity index is 1.89. The van der Waals surface area contributed by atoms with Crippen LogP contribution in [-0.2, 0) is 17.8 Å². The topological polar surface area (TPSA) is 64.0 Å². The molecule has 0 aliphatic rings. The zero-order valence-electron chi connectivity index (χ0n) is 13.0. The molecule has 0 fully saturated rings. The summed E-state index contributed by atoms with van der Waals surface area (Å²) in [5.41, 5.74) is 1.71. The molecule has 1 aromatic heterocycles. The molecule has 2 rings (SSSR count). The van der Waals surface area contributed by atoms with Crippen LogP contribution in [0.15, 0.2) is 47.3 Å². The number of rotatable bonds is 6. The molecule has 1 heterocycles. The van der Waals surface area contributed by atoms with Crippen LogP contribution >= 0.6 is 0 Å². The molecule has 1 N–H and O–H groups in total. The molecule has 0 saturated carbocycles. The summed E-state index contributed by atoms with van der Waals surface area (Å²) in [6, 6.07) is 13.1. The maximum atomic E-state index is 11.9. The van der Waals surface area contributed by atoms with E-state index in [1.165, 1.54) is 16.3 Å². The van der Waals surface area contributed by atoms with Crippen LogP contribution in [0.4, 0.5) is 0 Å². The summed E-state index contributed by atoms with van der Waals surface area (Å²) in [5, 5.41) is 7.04. The normalized spacial score (nSPS) is 10.7. The number of hydrogen-bond acceptors (Lipinski definition) is 3. The van der Waals surface area contributed by atoms with Crippen LogP contribution in [0.2, 0.25) is 0 Å². The summed E-state index contributed by atoms with van der Waals surface area (Å²) in [6.45, 7) is 4.49. The van der Waals surface area contributed by atoms with Crippen LogP contribution in [0.5, 0.6) is 0 Å². The van der Waals surface area contributed by atoms with Crippen molar-refractivity contribution in [2.24, 2.45) is 0 Å². The fourth-order valence-electron chi connectivity index (χ4n) is 2.07. The lowest BCUT2D eigenvalue weighted by atomic mass is 10.1. The molecule has 5 nitrogen and oxygen atoms in total. The quantitative estimate of drug-likeness (QED) is 0.883. The monoisotopic (exact) mass is 299 g/mol. The molecule has 5 heteroatoms. The minimum absolute atomic E-state index is 0.0474. The van der Waals surface area contributed by atoms with Gasteiger partial charge in [-0.1, -0.05) is 44.2 Å². The summed E-state index contributed by atoms with van der Waals surface area (Å²) in [6.07, 6.45) is 0.765. The summed E-state index contributed by atoms with van der Waals surface area (Å²) in [5.74, 6) is 0.0134. The summed E-state index contributed by atoms with van der Waals surface area (Å²) < 4.78 is 1.22. The number of aromatic nitrogens is 2. The van der Waals surface area contributed by atoms with Gasteiger partial charge in [-0.2, -0.15) is 5.10 Å². The van der Waals surface area contributed by atoms with E-state index in [0.717, 1.165) is 12.1 Å². The lowest BCUT2D eigenvalue weighted by molar-refractivity contribution is -0.121. The van der Waals surface area contributed by atoms with Gasteiger partial charge in [0, 0.05) is 12.6 Å². The van der Waals surface area contributed by atoms with Gasteiger partial charge in [-0.25, -0.2) is 4.68 Å². The van der Waals surface area contributed by atoms with Gasteiger partial charge in [0.05, 0.1) is 5.69 Å². The number of carbonyl (C=O) groups excluding carboxylic acids is 1. The maximum Gasteiger partial charge on any atom is 0.267 e. The van der Waals surface area contributed by atoms with Gasteiger partial charge in [-0.05, 0) is 24.0 Å². The smallest absolute Gasteiger partial charge is 0.267 e. The van der Waals surface area contributed by atoms with E-state index in [9.17, 15) is 9.59 Å². The van der Waals surface area contributed by atoms with Crippen molar-refractivity contribution in [3.63, 3.8) is 0 Å². The Hall–Kier alpha value is -2.43. The van der Waals surface area contributed by atoms with Crippen molar-refractivity contribution in [2.75, 3.05) is 6.54 Å². The van der Waals surface area contributed by atoms with E-state index < -0.39 is 0 Å². The number of hydrogen-bond donors (Lipinski definition) is 1. The van der Waals surface area contributed by atoms with Gasteiger partial charge in [0.2, 0.25) is 5.91 Å². The second kappa shape index (κ2) is 7.54. The minimum atomic E-state index is -0.261. The lowest BCUT2D eigenvalue weighted by Gasteiger charge is -2.09. The Morgan fingerprint density at radius 2 is 1.91 bits per heavy atom. The Morgan fingerprint density at radius 3 is 2.59 bits per heavy atom. The molecule has 0 aliphatic carbocycles. The highest BCUT2D eigenvalue weighted by Crippen LogP contribution is 2.07. The molecule has 116 valence electrons. The highest BCUT2D eigenvalue weighted by atomic mass is 16.2. The predicted molar refractivity (Wildman–Crippen MR) is 85.7 cm³/mol. The van der Waals surface area contributed by atoms with E-state index in [0.29, 0.717) is 6.54 Å². The van der Waals surface area contributed by atoms with Crippen molar-refractivity contribution in [1.82, 2.24) is 15.1 Å². The SMILES string of the molecule is CC(C)c1ccc(=O)n(CC(=O)NCCc2ccccc2)n1. The molecule has 0 radical (unpaired) electrons. The van der Waals surface area contributed by atoms with Crippen molar-refractivity contribution >= 4 is 5.91 Å². The predicted octanol–water partition coefficient (Wildman–Crippen LogP) is 1.73. The molecule has 0 bridgehead atoms. The van der Waals surface area contributed by atoms with E-state index in [1.54, 1.807) is 6.07 Å². The van der Waals surface area contributed by atoms with Crippen LogP contribution < -0.4 is 10.9 Å². The average molecular weight is 299 g/mol. The third-order valence-electron chi connectivity index (χ3n) is 3.35. The van der Waals surface area contributed by atoms with Crippen molar-refractivity contribution in [1.29, 1.82) is 0 Å². The molecule has 0 unspecified atom stereocenters. The Kier molecular flexibility index (Phi) is 5.47. The fourth-order valence-corrected chi connectivity index (χ4v) is 2.07. The molecule has 1 amide bonds. The number of nitrogens with one attached hydrogen (secondary N) is 1. The van der Waals surface area contributed by atoms with Crippen LogP contribution in [0.3, 0.4) is 0 Å². The van der Waals surface area contributed by atoms with Crippen molar-refractivity contribution in [3.8, 4) is 0 Å². The van der Waals surface area contributed by atoms with Gasteiger partial charge in [0.15, 0.2) is 0 Å². The molecule has 0 saturated heterocycles. The third-order valence-corrected chi connectivity index (χ3v) is 3.35. The summed E-state index contributed by atoms with van der Waals surface area (Å²) >= 11 is 0. The second-order valence-corrected chi connectivity index (χ2v) is 5.49. The van der Waals surface area contributed by atoms with E-state index in [2.05, 4.69) is 10.4 Å². The highest BCUT2D eigenvalue weighted by Gasteiger charge is 2.08. The van der Waals surface area contributed by atoms with Crippen LogP contribution in [0, 0.1) is 0 Å². The summed E-state index contributed by atoms with van der Waals surface area (Å²) in [4.78, 5) is 23.7. The summed E-state index contributed by atoms with van der Waals surface area (Å²) in [7, 11) is 0. The zero-order chi connectivity index (χ0) is 15.9. The molecular weight excluding hydrogens is 278 g/mol. The number of benzene rings is 1. The van der Waals surface area contributed by atoms with Crippen molar-refractivity contribution in [3.05, 3.63) is 64.1 Å². The highest BCUT2D eigenvalue weighted by molar-refractivity contribution is 5.75. The zero-order valence-corrected chi connectivity index (χ0v) is 13.0. The van der Waals surface area contributed by atoms with Crippen molar-refractivity contribution in [2.45, 2.75) is 32.7 Å². The lowest BCUT2D eigenvalue weighted by Crippen LogP contribution is -2.34. The first kappa shape index (κ1) is 15.9. The van der Waals surface area contributed by atoms with E-state index >= 15 is 0 Å². The van der Waals surface area contributed by atoms with Gasteiger partial charge in [-0.3, -0.25) is 9.59 Å². The number of carbonyl (C=O) groups is 1. The first-order valence-corrected chi connectivity index (χ1v) is 7.45. The molecule has 22 heavy (non-hydrogen) atoms. The standard InChI is InChI=1S/C17H21N3O2/c1-13(2)15-8-9-17(22)20(19-15)12-16(21)18-11-10-14-6-4-3-5-7-14/h3-9,13H,10-12H2,1-2H3,(H,18,21). The Labute approximate surface area is 130 Å². The Bertz CT molecular complexity index is 678. The van der Waals surface area contributed by atoms with Gasteiger partial charge in [0.25, 0.3) is 5.56 Å². The third kappa shape index (κ3) is 4.55. The van der Waals surface area contributed by atoms with Crippen LogP contribution in [0.1, 0.15) is 31.0 Å². The first-order chi connectivity index (χ1) is 10.6. The largest absolute Gasteiger partial charge is 0.354 e. The van der Waals surface area contributed by atoms with E-state index in [4.69, 9.17) is 0 Å². The van der Waals surface area contributed by atoms with Gasteiger partial charge in [-0.15, -0.1) is 0 Å². The minimum Gasteiger partial charge on any atom is -0.354 e. The van der Waals surface area contributed by atoms with Crippen LogP contribution in [-0.4, -0.2) is 22.2 Å². The van der Waals surface area contributed by atoms with E-state index in [-0.39, 0.29) is 23.9 Å². The number of amides is 1. The van der Waals surface area contributed by atoms with Gasteiger partial charge < -0.3 is 5.32 Å². The van der Waals surface area contributed by atoms with Crippen LogP contribution in [0.25, 0.3) is 0 Å². The van der Waals surface area contributed by atoms with E-state index in [1.807, 2.05) is 44.2 Å². The molecule has 1 aromatic carbocycles. The van der Waals surface area contributed by atoms with Gasteiger partial charge in [0.1, 0.15) is 6.54 Å². The van der Waals surface area contributed by atoms with Gasteiger partial charge >= 0.3 is 0 Å². The molecule has 0 spiro atoms. The molecule has 0 atom stereocenters. The molecule has 0 aliphatic heterocycles. The second-order valence-electron chi connectivity index (χ2n) is 5.49. The van der Waals surface area contributed by atoms with Crippen molar-refractivity contribution < 1.29 is 4.79 Å². The number of nitrogens with zero attached hydrogens (tertiary/aromatic N) is 2. The molecular formula is C17H21N3O2.